The Morgan fingerprint density at radius 2 is 0.854 bits per heavy atom. The Labute approximate surface area is 241 Å². The van der Waals surface area contributed by atoms with Crippen molar-refractivity contribution in [3.05, 3.63) is 157 Å². The molecule has 0 atom stereocenters. The van der Waals surface area contributed by atoms with Gasteiger partial charge in [-0.05, 0) is 88.6 Å². The molecule has 6 aromatic carbocycles. The van der Waals surface area contributed by atoms with Gasteiger partial charge in [-0.3, -0.25) is 9.80 Å². The van der Waals surface area contributed by atoms with Crippen molar-refractivity contribution >= 4 is 55.9 Å². The van der Waals surface area contributed by atoms with E-state index in [4.69, 9.17) is 0 Å². The second-order valence-corrected chi connectivity index (χ2v) is 10.5. The highest BCUT2D eigenvalue weighted by molar-refractivity contribution is 5.92. The van der Waals surface area contributed by atoms with E-state index in [2.05, 4.69) is 180 Å². The number of aryl methyl sites for hydroxylation is 1. The van der Waals surface area contributed by atoms with Gasteiger partial charge in [0, 0.05) is 29.8 Å². The molecule has 0 saturated carbocycles. The number of hydrogen-bond acceptors (Lipinski definition) is 2. The van der Waals surface area contributed by atoms with Gasteiger partial charge in [-0.1, -0.05) is 97.1 Å². The maximum absolute atomic E-state index is 2.37. The summed E-state index contributed by atoms with van der Waals surface area (Å²) >= 11 is 0. The number of anilines is 6. The summed E-state index contributed by atoms with van der Waals surface area (Å²) in [5, 5.41) is 4.92. The topological polar surface area (TPSA) is 11.4 Å². The molecule has 0 N–H and O–H groups in total. The summed E-state index contributed by atoms with van der Waals surface area (Å²) in [7, 11) is 2.17. The van der Waals surface area contributed by atoms with Gasteiger partial charge in [0.1, 0.15) is 11.6 Å². The van der Waals surface area contributed by atoms with Crippen LogP contribution in [0, 0.1) is 6.92 Å². The first-order valence-electron chi connectivity index (χ1n) is 14.0. The standard InChI is InChI=1S/C38H31N3/c1-28-25-37(40(33-17-5-3-6-18-33)35-23-21-29-13-9-11-15-31(29)26-35)39(2)38(28)41(34-19-7-4-8-20-34)36-24-22-30-14-10-12-16-32(30)27-36/h3-27H,1-2H3. The molecule has 0 aliphatic rings. The van der Waals surface area contributed by atoms with Gasteiger partial charge in [-0.15, -0.1) is 0 Å². The summed E-state index contributed by atoms with van der Waals surface area (Å²) in [5.74, 6) is 2.23. The van der Waals surface area contributed by atoms with Crippen LogP contribution in [0.4, 0.5) is 34.4 Å². The lowest BCUT2D eigenvalue weighted by atomic mass is 10.1. The predicted molar refractivity (Wildman–Crippen MR) is 175 cm³/mol. The SMILES string of the molecule is Cc1cc(N(c2ccccc2)c2ccc3ccccc3c2)n(C)c1N(c1ccccc1)c1ccc2ccccc2c1. The monoisotopic (exact) mass is 529 g/mol. The molecule has 0 aliphatic carbocycles. The molecule has 0 spiro atoms. The van der Waals surface area contributed by atoms with E-state index in [1.807, 2.05) is 0 Å². The first-order chi connectivity index (χ1) is 20.2. The van der Waals surface area contributed by atoms with Crippen LogP contribution in [0.3, 0.4) is 0 Å². The lowest BCUT2D eigenvalue weighted by molar-refractivity contribution is 0.898. The summed E-state index contributed by atoms with van der Waals surface area (Å²) in [4.78, 5) is 4.72. The highest BCUT2D eigenvalue weighted by Crippen LogP contribution is 2.44. The molecule has 7 aromatic rings. The Morgan fingerprint density at radius 3 is 1.39 bits per heavy atom. The molecule has 7 rings (SSSR count). The van der Waals surface area contributed by atoms with Gasteiger partial charge < -0.3 is 4.57 Å². The van der Waals surface area contributed by atoms with Crippen LogP contribution < -0.4 is 9.80 Å². The number of hydrogen-bond donors (Lipinski definition) is 0. The third-order valence-electron chi connectivity index (χ3n) is 7.81. The second-order valence-electron chi connectivity index (χ2n) is 10.5. The molecule has 1 heterocycles. The average molecular weight is 530 g/mol. The van der Waals surface area contributed by atoms with Crippen LogP contribution in [0.15, 0.2) is 152 Å². The van der Waals surface area contributed by atoms with Crippen molar-refractivity contribution in [1.82, 2.24) is 4.57 Å². The van der Waals surface area contributed by atoms with Crippen LogP contribution in [-0.4, -0.2) is 4.57 Å². The van der Waals surface area contributed by atoms with Crippen molar-refractivity contribution in [1.29, 1.82) is 0 Å². The Bertz CT molecular complexity index is 1970. The first-order valence-corrected chi connectivity index (χ1v) is 14.0. The summed E-state index contributed by atoms with van der Waals surface area (Å²) < 4.78 is 2.32. The smallest absolute Gasteiger partial charge is 0.122 e. The highest BCUT2D eigenvalue weighted by Gasteiger charge is 2.24. The molecule has 0 aliphatic heterocycles. The first kappa shape index (κ1) is 24.7. The van der Waals surface area contributed by atoms with Gasteiger partial charge in [0.15, 0.2) is 0 Å². The number of benzene rings is 6. The minimum Gasteiger partial charge on any atom is -0.316 e. The van der Waals surface area contributed by atoms with E-state index in [9.17, 15) is 0 Å². The van der Waals surface area contributed by atoms with E-state index in [0.29, 0.717) is 0 Å². The molecule has 3 nitrogen and oxygen atoms in total. The summed E-state index contributed by atoms with van der Waals surface area (Å²) in [6, 6.07) is 54.1. The van der Waals surface area contributed by atoms with Gasteiger partial charge in [-0.25, -0.2) is 0 Å². The highest BCUT2D eigenvalue weighted by atomic mass is 15.3. The molecular formula is C38H31N3. The third-order valence-corrected chi connectivity index (χ3v) is 7.81. The van der Waals surface area contributed by atoms with E-state index in [1.165, 1.54) is 27.1 Å². The summed E-state index contributed by atoms with van der Waals surface area (Å²) in [6.45, 7) is 2.21. The lowest BCUT2D eigenvalue weighted by Gasteiger charge is -2.30. The van der Waals surface area contributed by atoms with E-state index in [0.717, 1.165) is 34.4 Å². The van der Waals surface area contributed by atoms with Crippen molar-refractivity contribution in [2.75, 3.05) is 9.80 Å². The number of nitrogens with zero attached hydrogens (tertiary/aromatic N) is 3. The van der Waals surface area contributed by atoms with Gasteiger partial charge >= 0.3 is 0 Å². The Balaban J connectivity index is 1.44. The van der Waals surface area contributed by atoms with Crippen molar-refractivity contribution in [2.45, 2.75) is 6.92 Å². The number of para-hydroxylation sites is 2. The van der Waals surface area contributed by atoms with Gasteiger partial charge in [0.25, 0.3) is 0 Å². The van der Waals surface area contributed by atoms with Crippen molar-refractivity contribution in [3.63, 3.8) is 0 Å². The Morgan fingerprint density at radius 1 is 0.415 bits per heavy atom. The number of rotatable bonds is 6. The number of aromatic nitrogens is 1. The molecule has 41 heavy (non-hydrogen) atoms. The largest absolute Gasteiger partial charge is 0.316 e. The molecule has 0 bridgehead atoms. The maximum Gasteiger partial charge on any atom is 0.122 e. The second kappa shape index (κ2) is 10.4. The fraction of sp³-hybridized carbons (Fsp3) is 0.0526. The fourth-order valence-electron chi connectivity index (χ4n) is 5.86. The quantitative estimate of drug-likeness (QED) is 0.212. The molecule has 0 saturated heterocycles. The minimum absolute atomic E-state index is 1.10. The van der Waals surface area contributed by atoms with Crippen LogP contribution in [0.5, 0.6) is 0 Å². The van der Waals surface area contributed by atoms with Gasteiger partial charge in [-0.2, -0.15) is 0 Å². The van der Waals surface area contributed by atoms with Crippen LogP contribution in [0.2, 0.25) is 0 Å². The Kier molecular flexibility index (Phi) is 6.25. The van der Waals surface area contributed by atoms with E-state index < -0.39 is 0 Å². The summed E-state index contributed by atoms with van der Waals surface area (Å²) in [5.41, 5.74) is 5.69. The minimum atomic E-state index is 1.10. The van der Waals surface area contributed by atoms with Gasteiger partial charge in [0.05, 0.1) is 0 Å². The van der Waals surface area contributed by atoms with Gasteiger partial charge in [0.2, 0.25) is 0 Å². The zero-order valence-corrected chi connectivity index (χ0v) is 23.3. The third kappa shape index (κ3) is 4.52. The molecule has 0 unspecified atom stereocenters. The molecule has 3 heteroatoms. The molecular weight excluding hydrogens is 498 g/mol. The van der Waals surface area contributed by atoms with Crippen LogP contribution in [0.25, 0.3) is 21.5 Å². The predicted octanol–water partition coefficient (Wildman–Crippen LogP) is 10.6. The van der Waals surface area contributed by atoms with Crippen LogP contribution >= 0.6 is 0 Å². The maximum atomic E-state index is 2.37. The zero-order chi connectivity index (χ0) is 27.8. The van der Waals surface area contributed by atoms with Crippen LogP contribution in [-0.2, 0) is 7.05 Å². The van der Waals surface area contributed by atoms with Crippen molar-refractivity contribution in [3.8, 4) is 0 Å². The van der Waals surface area contributed by atoms with Crippen molar-refractivity contribution in [2.24, 2.45) is 7.05 Å². The van der Waals surface area contributed by atoms with Crippen LogP contribution in [0.1, 0.15) is 5.56 Å². The summed E-state index contributed by atoms with van der Waals surface area (Å²) in [6.07, 6.45) is 0. The van der Waals surface area contributed by atoms with E-state index in [1.54, 1.807) is 0 Å². The van der Waals surface area contributed by atoms with E-state index >= 15 is 0 Å². The molecule has 0 fully saturated rings. The zero-order valence-electron chi connectivity index (χ0n) is 23.3. The lowest BCUT2D eigenvalue weighted by Crippen LogP contribution is -2.17. The average Bonchev–Trinajstić information content (AvgIpc) is 3.31. The Hall–Kier alpha value is -5.28. The van der Waals surface area contributed by atoms with E-state index in [-0.39, 0.29) is 0 Å². The number of fused-ring (bicyclic) bond motifs is 2. The normalized spacial score (nSPS) is 11.2. The molecule has 0 amide bonds. The fourth-order valence-corrected chi connectivity index (χ4v) is 5.86. The molecule has 198 valence electrons. The van der Waals surface area contributed by atoms with Crippen molar-refractivity contribution < 1.29 is 0 Å². The molecule has 1 aromatic heterocycles. The molecule has 0 radical (unpaired) electrons.